The lowest BCUT2D eigenvalue weighted by molar-refractivity contribution is 0.239. The van der Waals surface area contributed by atoms with Crippen molar-refractivity contribution in [2.24, 2.45) is 28.6 Å². The molecule has 3 atom stereocenters. The number of hydrogen-bond donors (Lipinski definition) is 3. The summed E-state index contributed by atoms with van der Waals surface area (Å²) in [6.07, 6.45) is 3.72. The van der Waals surface area contributed by atoms with Crippen molar-refractivity contribution in [2.75, 3.05) is 6.54 Å². The molecule has 1 aliphatic rings. The van der Waals surface area contributed by atoms with E-state index >= 15 is 0 Å². The van der Waals surface area contributed by atoms with Crippen LogP contribution in [0.3, 0.4) is 0 Å². The highest BCUT2D eigenvalue weighted by atomic mass is 15.3. The van der Waals surface area contributed by atoms with Crippen LogP contribution in [0.4, 0.5) is 0 Å². The van der Waals surface area contributed by atoms with Crippen molar-refractivity contribution in [1.29, 1.82) is 0 Å². The number of nitrogens with zero attached hydrogens (tertiary/aromatic N) is 1. The molecule has 4 heteroatoms. The normalized spacial score (nSPS) is 30.5. The first kappa shape index (κ1) is 14.3. The SMILES string of the molecule is CC(C)CN=C(NN)NC1CCC(C)C(C)C1. The molecule has 0 aromatic carbocycles. The van der Waals surface area contributed by atoms with Crippen LogP contribution >= 0.6 is 0 Å². The summed E-state index contributed by atoms with van der Waals surface area (Å²) >= 11 is 0. The topological polar surface area (TPSA) is 62.4 Å². The Bertz CT molecular complexity index is 250. The summed E-state index contributed by atoms with van der Waals surface area (Å²) in [6, 6.07) is 0.517. The minimum Gasteiger partial charge on any atom is -0.353 e. The van der Waals surface area contributed by atoms with E-state index in [1.807, 2.05) is 0 Å². The summed E-state index contributed by atoms with van der Waals surface area (Å²) < 4.78 is 0. The van der Waals surface area contributed by atoms with Crippen molar-refractivity contribution in [1.82, 2.24) is 10.7 Å². The fourth-order valence-corrected chi connectivity index (χ4v) is 2.28. The zero-order valence-corrected chi connectivity index (χ0v) is 11.7. The van der Waals surface area contributed by atoms with E-state index in [2.05, 4.69) is 43.4 Å². The van der Waals surface area contributed by atoms with Crippen LogP contribution in [0.2, 0.25) is 0 Å². The molecule has 1 fully saturated rings. The maximum absolute atomic E-state index is 5.49. The first-order valence-corrected chi connectivity index (χ1v) is 6.80. The van der Waals surface area contributed by atoms with Crippen LogP contribution in [0.25, 0.3) is 0 Å². The van der Waals surface area contributed by atoms with E-state index in [1.165, 1.54) is 19.3 Å². The molecule has 0 radical (unpaired) electrons. The van der Waals surface area contributed by atoms with Crippen LogP contribution in [0.5, 0.6) is 0 Å². The van der Waals surface area contributed by atoms with Gasteiger partial charge in [-0.1, -0.05) is 27.7 Å². The predicted octanol–water partition coefficient (Wildman–Crippen LogP) is 1.88. The first-order chi connectivity index (χ1) is 8.02. The molecule has 1 aliphatic carbocycles. The average molecular weight is 240 g/mol. The highest BCUT2D eigenvalue weighted by molar-refractivity contribution is 5.79. The van der Waals surface area contributed by atoms with Gasteiger partial charge in [-0.25, -0.2) is 5.84 Å². The molecule has 3 unspecified atom stereocenters. The summed E-state index contributed by atoms with van der Waals surface area (Å²) in [6.45, 7) is 9.80. The second kappa shape index (κ2) is 6.84. The van der Waals surface area contributed by atoms with Gasteiger partial charge in [0.2, 0.25) is 5.96 Å². The fraction of sp³-hybridized carbons (Fsp3) is 0.923. The Kier molecular flexibility index (Phi) is 5.75. The van der Waals surface area contributed by atoms with Gasteiger partial charge < -0.3 is 5.32 Å². The molecule has 4 nitrogen and oxygen atoms in total. The third-order valence-corrected chi connectivity index (χ3v) is 3.69. The molecule has 0 aliphatic heterocycles. The summed E-state index contributed by atoms with van der Waals surface area (Å²) in [5.74, 6) is 8.42. The molecule has 0 saturated heterocycles. The first-order valence-electron chi connectivity index (χ1n) is 6.80. The second-order valence-corrected chi connectivity index (χ2v) is 5.84. The van der Waals surface area contributed by atoms with Crippen LogP contribution in [-0.4, -0.2) is 18.5 Å². The highest BCUT2D eigenvalue weighted by Crippen LogP contribution is 2.29. The molecule has 0 aromatic heterocycles. The van der Waals surface area contributed by atoms with E-state index < -0.39 is 0 Å². The predicted molar refractivity (Wildman–Crippen MR) is 73.6 cm³/mol. The average Bonchev–Trinajstić information content (AvgIpc) is 2.28. The van der Waals surface area contributed by atoms with E-state index in [9.17, 15) is 0 Å². The lowest BCUT2D eigenvalue weighted by Gasteiger charge is -2.33. The van der Waals surface area contributed by atoms with E-state index in [0.717, 1.165) is 24.3 Å². The lowest BCUT2D eigenvalue weighted by Crippen LogP contribution is -2.48. The standard InChI is InChI=1S/C13H28N4/c1-9(2)8-15-13(17-14)16-12-6-5-10(3)11(4)7-12/h9-12H,5-8,14H2,1-4H3,(H2,15,16,17). The van der Waals surface area contributed by atoms with Crippen molar-refractivity contribution in [3.63, 3.8) is 0 Å². The summed E-state index contributed by atoms with van der Waals surface area (Å²) in [4.78, 5) is 4.45. The Morgan fingerprint density at radius 1 is 1.29 bits per heavy atom. The van der Waals surface area contributed by atoms with Gasteiger partial charge in [0, 0.05) is 12.6 Å². The van der Waals surface area contributed by atoms with Crippen LogP contribution in [0, 0.1) is 17.8 Å². The number of hydrazine groups is 1. The number of nitrogens with one attached hydrogen (secondary N) is 2. The van der Waals surface area contributed by atoms with Crippen LogP contribution in [0.1, 0.15) is 47.0 Å². The monoisotopic (exact) mass is 240 g/mol. The van der Waals surface area contributed by atoms with Crippen LogP contribution < -0.4 is 16.6 Å². The molecule has 0 aromatic rings. The Labute approximate surface area is 105 Å². The van der Waals surface area contributed by atoms with E-state index in [4.69, 9.17) is 5.84 Å². The maximum Gasteiger partial charge on any atom is 0.205 e. The maximum atomic E-state index is 5.49. The number of nitrogens with two attached hydrogens (primary N) is 1. The Balaban J connectivity index is 2.43. The van der Waals surface area contributed by atoms with E-state index in [0.29, 0.717) is 12.0 Å². The van der Waals surface area contributed by atoms with Gasteiger partial charge >= 0.3 is 0 Å². The number of aliphatic imine (C=N–C) groups is 1. The molecule has 0 amide bonds. The van der Waals surface area contributed by atoms with Gasteiger partial charge in [-0.05, 0) is 37.0 Å². The van der Waals surface area contributed by atoms with Crippen LogP contribution in [0.15, 0.2) is 4.99 Å². The molecule has 17 heavy (non-hydrogen) atoms. The third-order valence-electron chi connectivity index (χ3n) is 3.69. The zero-order valence-electron chi connectivity index (χ0n) is 11.7. The minimum atomic E-state index is 0.517. The van der Waals surface area contributed by atoms with Gasteiger partial charge in [0.05, 0.1) is 0 Å². The largest absolute Gasteiger partial charge is 0.353 e. The molecule has 0 bridgehead atoms. The van der Waals surface area contributed by atoms with Crippen molar-refractivity contribution in [3.8, 4) is 0 Å². The van der Waals surface area contributed by atoms with Crippen molar-refractivity contribution >= 4 is 5.96 Å². The molecular weight excluding hydrogens is 212 g/mol. The summed E-state index contributed by atoms with van der Waals surface area (Å²) in [5.41, 5.74) is 2.67. The number of rotatable bonds is 3. The lowest BCUT2D eigenvalue weighted by atomic mass is 9.79. The van der Waals surface area contributed by atoms with Gasteiger partial charge in [-0.2, -0.15) is 0 Å². The second-order valence-electron chi connectivity index (χ2n) is 5.84. The smallest absolute Gasteiger partial charge is 0.205 e. The van der Waals surface area contributed by atoms with E-state index in [1.54, 1.807) is 0 Å². The number of guanidine groups is 1. The highest BCUT2D eigenvalue weighted by Gasteiger charge is 2.24. The van der Waals surface area contributed by atoms with Crippen molar-refractivity contribution in [2.45, 2.75) is 53.0 Å². The minimum absolute atomic E-state index is 0.517. The summed E-state index contributed by atoms with van der Waals surface area (Å²) in [5, 5.41) is 3.43. The summed E-state index contributed by atoms with van der Waals surface area (Å²) in [7, 11) is 0. The van der Waals surface area contributed by atoms with Crippen molar-refractivity contribution < 1.29 is 0 Å². The van der Waals surface area contributed by atoms with Crippen molar-refractivity contribution in [3.05, 3.63) is 0 Å². The molecular formula is C13H28N4. The molecule has 1 saturated carbocycles. The zero-order chi connectivity index (χ0) is 12.8. The molecule has 0 spiro atoms. The van der Waals surface area contributed by atoms with Gasteiger partial charge in [0.25, 0.3) is 0 Å². The fourth-order valence-electron chi connectivity index (χ4n) is 2.28. The van der Waals surface area contributed by atoms with E-state index in [-0.39, 0.29) is 0 Å². The molecule has 1 rings (SSSR count). The van der Waals surface area contributed by atoms with Gasteiger partial charge in [0.1, 0.15) is 0 Å². The van der Waals surface area contributed by atoms with Gasteiger partial charge in [0.15, 0.2) is 0 Å². The van der Waals surface area contributed by atoms with Crippen LogP contribution in [-0.2, 0) is 0 Å². The molecule has 100 valence electrons. The van der Waals surface area contributed by atoms with Gasteiger partial charge in [-0.3, -0.25) is 10.4 Å². The molecule has 0 heterocycles. The Morgan fingerprint density at radius 3 is 2.53 bits per heavy atom. The third kappa shape index (κ3) is 4.94. The quantitative estimate of drug-likeness (QED) is 0.305. The number of hydrogen-bond acceptors (Lipinski definition) is 2. The molecule has 4 N–H and O–H groups in total. The Hall–Kier alpha value is -0.770. The Morgan fingerprint density at radius 2 is 2.00 bits per heavy atom. The van der Waals surface area contributed by atoms with Gasteiger partial charge in [-0.15, -0.1) is 0 Å².